The smallest absolute Gasteiger partial charge is 0.224 e. The summed E-state index contributed by atoms with van der Waals surface area (Å²) in [7, 11) is 0. The Morgan fingerprint density at radius 1 is 1.26 bits per heavy atom. The van der Waals surface area contributed by atoms with E-state index in [-0.39, 0.29) is 24.2 Å². The number of nitrogens with one attached hydrogen (secondary N) is 2. The molecule has 4 atom stereocenters. The molecule has 0 aromatic heterocycles. The van der Waals surface area contributed by atoms with Gasteiger partial charge in [-0.3, -0.25) is 4.79 Å². The number of amides is 1. The van der Waals surface area contributed by atoms with Gasteiger partial charge in [0, 0.05) is 18.0 Å². The van der Waals surface area contributed by atoms with Crippen LogP contribution in [0.3, 0.4) is 0 Å². The van der Waals surface area contributed by atoms with Gasteiger partial charge in [0.05, 0.1) is 0 Å². The topological polar surface area (TPSA) is 41.1 Å². The summed E-state index contributed by atoms with van der Waals surface area (Å²) in [5.41, 5.74) is 2.69. The second kappa shape index (κ2) is 7.67. The minimum Gasteiger partial charge on any atom is -0.352 e. The number of hydrogen-bond acceptors (Lipinski definition) is 2. The third kappa shape index (κ3) is 4.27. The highest BCUT2D eigenvalue weighted by Crippen LogP contribution is 2.47. The number of rotatable bonds is 4. The van der Waals surface area contributed by atoms with Crippen LogP contribution in [0.2, 0.25) is 0 Å². The van der Waals surface area contributed by atoms with E-state index in [4.69, 9.17) is 0 Å². The van der Waals surface area contributed by atoms with Gasteiger partial charge < -0.3 is 10.6 Å². The van der Waals surface area contributed by atoms with Crippen molar-refractivity contribution in [1.82, 2.24) is 10.6 Å². The molecular weight excluding hydrogens is 308 g/mol. The molecule has 4 heteroatoms. The lowest BCUT2D eigenvalue weighted by Gasteiger charge is -2.30. The third-order valence-corrected chi connectivity index (χ3v) is 5.25. The van der Waals surface area contributed by atoms with Crippen molar-refractivity contribution >= 4 is 18.3 Å². The largest absolute Gasteiger partial charge is 0.352 e. The molecule has 2 fully saturated rings. The van der Waals surface area contributed by atoms with Crippen LogP contribution in [0.15, 0.2) is 24.3 Å². The van der Waals surface area contributed by atoms with Crippen LogP contribution in [-0.2, 0) is 4.79 Å². The van der Waals surface area contributed by atoms with Crippen LogP contribution in [0, 0.1) is 5.92 Å². The number of piperidine rings is 1. The SMILES string of the molecule is CC(C)c1ccc(C2CC2C(=O)NC2CCCNC2C)cc1.Cl. The van der Waals surface area contributed by atoms with Crippen molar-refractivity contribution in [3.8, 4) is 0 Å². The van der Waals surface area contributed by atoms with Crippen LogP contribution in [0.4, 0.5) is 0 Å². The monoisotopic (exact) mass is 336 g/mol. The summed E-state index contributed by atoms with van der Waals surface area (Å²) in [6, 6.07) is 9.52. The number of halogens is 1. The van der Waals surface area contributed by atoms with E-state index >= 15 is 0 Å². The number of hydrogen-bond donors (Lipinski definition) is 2. The zero-order chi connectivity index (χ0) is 15.7. The molecule has 23 heavy (non-hydrogen) atoms. The molecule has 1 amide bonds. The molecule has 0 bridgehead atoms. The van der Waals surface area contributed by atoms with Crippen LogP contribution in [-0.4, -0.2) is 24.5 Å². The first-order valence-corrected chi connectivity index (χ1v) is 8.70. The minimum atomic E-state index is 0. The van der Waals surface area contributed by atoms with Crippen molar-refractivity contribution in [2.24, 2.45) is 5.92 Å². The Balaban J connectivity index is 0.00000192. The van der Waals surface area contributed by atoms with Gasteiger partial charge >= 0.3 is 0 Å². The molecule has 4 unspecified atom stereocenters. The Labute approximate surface area is 146 Å². The summed E-state index contributed by atoms with van der Waals surface area (Å²) in [6.45, 7) is 7.66. The molecule has 128 valence electrons. The predicted octanol–water partition coefficient (Wildman–Crippen LogP) is 3.59. The summed E-state index contributed by atoms with van der Waals surface area (Å²) in [4.78, 5) is 12.4. The van der Waals surface area contributed by atoms with Crippen molar-refractivity contribution in [3.05, 3.63) is 35.4 Å². The zero-order valence-corrected chi connectivity index (χ0v) is 15.2. The van der Waals surface area contributed by atoms with Crippen LogP contribution in [0.5, 0.6) is 0 Å². The standard InChI is InChI=1S/C19H28N2O.ClH/c1-12(2)14-6-8-15(9-7-14)16-11-17(16)19(22)21-18-5-4-10-20-13(18)3;/h6-9,12-13,16-18,20H,4-5,10-11H2,1-3H3,(H,21,22);1H. The number of benzene rings is 1. The van der Waals surface area contributed by atoms with Gasteiger partial charge in [-0.15, -0.1) is 12.4 Å². The van der Waals surface area contributed by atoms with Gasteiger partial charge in [-0.05, 0) is 55.7 Å². The van der Waals surface area contributed by atoms with E-state index in [1.165, 1.54) is 11.1 Å². The van der Waals surface area contributed by atoms with Gasteiger partial charge in [-0.1, -0.05) is 38.1 Å². The molecule has 0 radical (unpaired) electrons. The Kier molecular flexibility index (Phi) is 6.10. The molecule has 1 aromatic carbocycles. The molecule has 2 aliphatic rings. The second-order valence-corrected chi connectivity index (χ2v) is 7.27. The average molecular weight is 337 g/mol. The molecular formula is C19H29ClN2O. The Morgan fingerprint density at radius 2 is 1.96 bits per heavy atom. The summed E-state index contributed by atoms with van der Waals surface area (Å²) < 4.78 is 0. The maximum Gasteiger partial charge on any atom is 0.224 e. The molecule has 3 nitrogen and oxygen atoms in total. The summed E-state index contributed by atoms with van der Waals surface area (Å²) in [5.74, 6) is 1.42. The maximum atomic E-state index is 12.4. The predicted molar refractivity (Wildman–Crippen MR) is 97.3 cm³/mol. The van der Waals surface area contributed by atoms with Crippen LogP contribution >= 0.6 is 12.4 Å². The highest BCUT2D eigenvalue weighted by molar-refractivity contribution is 5.85. The molecule has 1 aromatic rings. The fourth-order valence-electron chi connectivity index (χ4n) is 3.51. The van der Waals surface area contributed by atoms with Crippen molar-refractivity contribution in [3.63, 3.8) is 0 Å². The molecule has 1 saturated heterocycles. The van der Waals surface area contributed by atoms with Gasteiger partial charge in [0.2, 0.25) is 5.91 Å². The van der Waals surface area contributed by atoms with E-state index in [2.05, 4.69) is 55.7 Å². The summed E-state index contributed by atoms with van der Waals surface area (Å²) in [5, 5.41) is 6.70. The van der Waals surface area contributed by atoms with Gasteiger partial charge in [0.25, 0.3) is 0 Å². The van der Waals surface area contributed by atoms with Gasteiger partial charge in [-0.2, -0.15) is 0 Å². The van der Waals surface area contributed by atoms with Gasteiger partial charge in [0.1, 0.15) is 0 Å². The minimum absolute atomic E-state index is 0. The fourth-order valence-corrected chi connectivity index (χ4v) is 3.51. The molecule has 1 saturated carbocycles. The van der Waals surface area contributed by atoms with Crippen molar-refractivity contribution in [2.45, 2.75) is 64.0 Å². The van der Waals surface area contributed by atoms with E-state index in [1.807, 2.05) is 0 Å². The highest BCUT2D eigenvalue weighted by atomic mass is 35.5. The second-order valence-electron chi connectivity index (χ2n) is 7.27. The number of carbonyl (C=O) groups is 1. The maximum absolute atomic E-state index is 12.4. The first-order chi connectivity index (χ1) is 10.6. The van der Waals surface area contributed by atoms with E-state index in [1.54, 1.807) is 0 Å². The fraction of sp³-hybridized carbons (Fsp3) is 0.632. The van der Waals surface area contributed by atoms with Crippen molar-refractivity contribution in [1.29, 1.82) is 0 Å². The van der Waals surface area contributed by atoms with Crippen molar-refractivity contribution in [2.75, 3.05) is 6.54 Å². The lowest BCUT2D eigenvalue weighted by Crippen LogP contribution is -2.52. The quantitative estimate of drug-likeness (QED) is 0.882. The molecule has 0 spiro atoms. The Hall–Kier alpha value is -1.06. The highest BCUT2D eigenvalue weighted by Gasteiger charge is 2.44. The van der Waals surface area contributed by atoms with Crippen LogP contribution in [0.1, 0.15) is 63.0 Å². The molecule has 1 aliphatic carbocycles. The first kappa shape index (κ1) is 18.3. The van der Waals surface area contributed by atoms with Gasteiger partial charge in [0.15, 0.2) is 0 Å². The summed E-state index contributed by atoms with van der Waals surface area (Å²) >= 11 is 0. The Morgan fingerprint density at radius 3 is 2.57 bits per heavy atom. The van der Waals surface area contributed by atoms with E-state index in [9.17, 15) is 4.79 Å². The number of carbonyl (C=O) groups excluding carboxylic acids is 1. The average Bonchev–Trinajstić information content (AvgIpc) is 3.30. The first-order valence-electron chi connectivity index (χ1n) is 8.70. The lowest BCUT2D eigenvalue weighted by molar-refractivity contribution is -0.123. The van der Waals surface area contributed by atoms with Crippen molar-refractivity contribution < 1.29 is 4.79 Å². The lowest BCUT2D eigenvalue weighted by atomic mass is 9.98. The van der Waals surface area contributed by atoms with Crippen LogP contribution in [0.25, 0.3) is 0 Å². The third-order valence-electron chi connectivity index (χ3n) is 5.25. The summed E-state index contributed by atoms with van der Waals surface area (Å²) in [6.07, 6.45) is 3.25. The molecule has 1 heterocycles. The Bertz CT molecular complexity index is 529. The molecule has 1 aliphatic heterocycles. The molecule has 2 N–H and O–H groups in total. The normalized spacial score (nSPS) is 29.7. The van der Waals surface area contributed by atoms with E-state index in [0.717, 1.165) is 25.8 Å². The van der Waals surface area contributed by atoms with Gasteiger partial charge in [-0.25, -0.2) is 0 Å². The molecule has 3 rings (SSSR count). The van der Waals surface area contributed by atoms with E-state index in [0.29, 0.717) is 23.9 Å². The van der Waals surface area contributed by atoms with E-state index < -0.39 is 0 Å². The zero-order valence-electron chi connectivity index (χ0n) is 14.3. The van der Waals surface area contributed by atoms with Crippen LogP contribution < -0.4 is 10.6 Å².